The quantitative estimate of drug-likeness (QED) is 0.884. The summed E-state index contributed by atoms with van der Waals surface area (Å²) in [6, 6.07) is 6.15. The van der Waals surface area contributed by atoms with Crippen molar-refractivity contribution in [2.24, 2.45) is 7.05 Å². The summed E-state index contributed by atoms with van der Waals surface area (Å²) in [4.78, 5) is 12.4. The van der Waals surface area contributed by atoms with Crippen molar-refractivity contribution in [3.8, 4) is 0 Å². The monoisotopic (exact) mass is 287 g/mol. The molecule has 3 heterocycles. The van der Waals surface area contributed by atoms with Gasteiger partial charge in [-0.3, -0.25) is 9.48 Å². The molecule has 0 atom stereocenters. The number of nitrogens with zero attached hydrogens (tertiary/aromatic N) is 3. The SMILES string of the molecule is Cn1ccc(CNC(=O)c2cccn2C2CCNCC2)n1. The summed E-state index contributed by atoms with van der Waals surface area (Å²) in [6.07, 6.45) is 6.01. The number of nitrogens with one attached hydrogen (secondary N) is 2. The van der Waals surface area contributed by atoms with Crippen molar-refractivity contribution in [1.29, 1.82) is 0 Å². The molecule has 1 aliphatic heterocycles. The fourth-order valence-corrected chi connectivity index (χ4v) is 2.81. The molecule has 112 valence electrons. The molecule has 6 heteroatoms. The predicted molar refractivity (Wildman–Crippen MR) is 80.0 cm³/mol. The van der Waals surface area contributed by atoms with E-state index in [0.717, 1.165) is 37.3 Å². The Bertz CT molecular complexity index is 609. The summed E-state index contributed by atoms with van der Waals surface area (Å²) in [5.41, 5.74) is 1.60. The van der Waals surface area contributed by atoms with Crippen LogP contribution >= 0.6 is 0 Å². The smallest absolute Gasteiger partial charge is 0.268 e. The van der Waals surface area contributed by atoms with Crippen molar-refractivity contribution in [3.05, 3.63) is 42.0 Å². The molecule has 0 aromatic carbocycles. The number of amides is 1. The minimum Gasteiger partial charge on any atom is -0.345 e. The number of aryl methyl sites for hydroxylation is 1. The third-order valence-corrected chi connectivity index (χ3v) is 3.91. The molecule has 6 nitrogen and oxygen atoms in total. The van der Waals surface area contributed by atoms with Gasteiger partial charge in [0.2, 0.25) is 0 Å². The standard InChI is InChI=1S/C15H21N5O/c1-19-10-6-12(18-19)11-17-15(21)14-3-2-9-20(14)13-4-7-16-8-5-13/h2-3,6,9-10,13,16H,4-5,7-8,11H2,1H3,(H,17,21). The zero-order chi connectivity index (χ0) is 14.7. The Morgan fingerprint density at radius 1 is 1.38 bits per heavy atom. The van der Waals surface area contributed by atoms with Crippen LogP contribution in [-0.2, 0) is 13.6 Å². The number of hydrogen-bond acceptors (Lipinski definition) is 3. The van der Waals surface area contributed by atoms with Gasteiger partial charge < -0.3 is 15.2 Å². The molecule has 21 heavy (non-hydrogen) atoms. The summed E-state index contributed by atoms with van der Waals surface area (Å²) in [7, 11) is 1.87. The van der Waals surface area contributed by atoms with Gasteiger partial charge in [-0.2, -0.15) is 5.10 Å². The third-order valence-electron chi connectivity index (χ3n) is 3.91. The van der Waals surface area contributed by atoms with Gasteiger partial charge in [-0.25, -0.2) is 0 Å². The van der Waals surface area contributed by atoms with E-state index in [0.29, 0.717) is 12.6 Å². The molecule has 2 N–H and O–H groups in total. The lowest BCUT2D eigenvalue weighted by Crippen LogP contribution is -2.32. The molecule has 0 unspecified atom stereocenters. The Kier molecular flexibility index (Phi) is 4.06. The maximum Gasteiger partial charge on any atom is 0.268 e. The van der Waals surface area contributed by atoms with Crippen LogP contribution < -0.4 is 10.6 Å². The van der Waals surface area contributed by atoms with Crippen molar-refractivity contribution < 1.29 is 4.79 Å². The molecule has 0 spiro atoms. The number of carbonyl (C=O) groups is 1. The Balaban J connectivity index is 1.65. The molecule has 0 saturated carbocycles. The van der Waals surface area contributed by atoms with Gasteiger partial charge in [-0.1, -0.05) is 0 Å². The highest BCUT2D eigenvalue weighted by molar-refractivity contribution is 5.92. The fourth-order valence-electron chi connectivity index (χ4n) is 2.81. The molecule has 1 amide bonds. The van der Waals surface area contributed by atoms with Gasteiger partial charge in [0, 0.05) is 25.5 Å². The van der Waals surface area contributed by atoms with Crippen LogP contribution in [0.15, 0.2) is 30.6 Å². The molecule has 1 aliphatic rings. The fraction of sp³-hybridized carbons (Fsp3) is 0.467. The first-order chi connectivity index (χ1) is 10.2. The molecular weight excluding hydrogens is 266 g/mol. The molecule has 2 aromatic rings. The lowest BCUT2D eigenvalue weighted by atomic mass is 10.1. The molecule has 1 fully saturated rings. The minimum atomic E-state index is -0.0378. The van der Waals surface area contributed by atoms with Gasteiger partial charge in [0.1, 0.15) is 5.69 Å². The Morgan fingerprint density at radius 2 is 2.19 bits per heavy atom. The average Bonchev–Trinajstić information content (AvgIpc) is 3.14. The minimum absolute atomic E-state index is 0.0378. The number of carbonyl (C=O) groups excluding carboxylic acids is 1. The van der Waals surface area contributed by atoms with Crippen LogP contribution in [0.25, 0.3) is 0 Å². The Morgan fingerprint density at radius 3 is 2.90 bits per heavy atom. The van der Waals surface area contributed by atoms with E-state index < -0.39 is 0 Å². The van der Waals surface area contributed by atoms with Crippen LogP contribution in [0.1, 0.15) is 35.1 Å². The van der Waals surface area contributed by atoms with Crippen molar-refractivity contribution in [2.75, 3.05) is 13.1 Å². The third kappa shape index (κ3) is 3.16. The van der Waals surface area contributed by atoms with E-state index in [1.165, 1.54) is 0 Å². The zero-order valence-electron chi connectivity index (χ0n) is 12.2. The highest BCUT2D eigenvalue weighted by Crippen LogP contribution is 2.21. The zero-order valence-corrected chi connectivity index (χ0v) is 12.2. The Labute approximate surface area is 124 Å². The predicted octanol–water partition coefficient (Wildman–Crippen LogP) is 1.08. The second-order valence-electron chi connectivity index (χ2n) is 5.45. The van der Waals surface area contributed by atoms with Crippen molar-refractivity contribution >= 4 is 5.91 Å². The first kappa shape index (κ1) is 13.9. The maximum absolute atomic E-state index is 12.4. The van der Waals surface area contributed by atoms with E-state index in [1.54, 1.807) is 4.68 Å². The van der Waals surface area contributed by atoms with Gasteiger partial charge in [-0.15, -0.1) is 0 Å². The molecule has 0 radical (unpaired) electrons. The number of hydrogen-bond donors (Lipinski definition) is 2. The lowest BCUT2D eigenvalue weighted by Gasteiger charge is -2.25. The molecule has 0 bridgehead atoms. The molecule has 1 saturated heterocycles. The topological polar surface area (TPSA) is 63.9 Å². The second kappa shape index (κ2) is 6.13. The summed E-state index contributed by atoms with van der Waals surface area (Å²) >= 11 is 0. The van der Waals surface area contributed by atoms with Crippen molar-refractivity contribution in [1.82, 2.24) is 25.0 Å². The normalized spacial score (nSPS) is 16.0. The van der Waals surface area contributed by atoms with Crippen LogP contribution in [0.4, 0.5) is 0 Å². The van der Waals surface area contributed by atoms with Gasteiger partial charge >= 0.3 is 0 Å². The number of aromatic nitrogens is 3. The van der Waals surface area contributed by atoms with Crippen LogP contribution in [0.3, 0.4) is 0 Å². The lowest BCUT2D eigenvalue weighted by molar-refractivity contribution is 0.0937. The molecule has 0 aliphatic carbocycles. The first-order valence-electron chi connectivity index (χ1n) is 7.38. The van der Waals surface area contributed by atoms with Crippen molar-refractivity contribution in [2.45, 2.75) is 25.4 Å². The first-order valence-corrected chi connectivity index (χ1v) is 7.38. The van der Waals surface area contributed by atoms with Crippen LogP contribution in [-0.4, -0.2) is 33.3 Å². The molecular formula is C15H21N5O. The summed E-state index contributed by atoms with van der Waals surface area (Å²) in [6.45, 7) is 2.48. The maximum atomic E-state index is 12.4. The van der Waals surface area contributed by atoms with Crippen LogP contribution in [0.2, 0.25) is 0 Å². The molecule has 2 aromatic heterocycles. The van der Waals surface area contributed by atoms with E-state index in [-0.39, 0.29) is 5.91 Å². The molecule has 3 rings (SSSR count). The summed E-state index contributed by atoms with van der Waals surface area (Å²) in [5, 5.41) is 10.6. The number of piperidine rings is 1. The van der Waals surface area contributed by atoms with Gasteiger partial charge in [0.15, 0.2) is 0 Å². The van der Waals surface area contributed by atoms with Crippen molar-refractivity contribution in [3.63, 3.8) is 0 Å². The highest BCUT2D eigenvalue weighted by Gasteiger charge is 2.19. The van der Waals surface area contributed by atoms with E-state index in [2.05, 4.69) is 20.3 Å². The van der Waals surface area contributed by atoms with E-state index in [1.807, 2.05) is 37.6 Å². The Hall–Kier alpha value is -2.08. The summed E-state index contributed by atoms with van der Waals surface area (Å²) in [5.74, 6) is -0.0378. The van der Waals surface area contributed by atoms with Gasteiger partial charge in [0.25, 0.3) is 5.91 Å². The van der Waals surface area contributed by atoms with Crippen LogP contribution in [0, 0.1) is 0 Å². The highest BCUT2D eigenvalue weighted by atomic mass is 16.1. The summed E-state index contributed by atoms with van der Waals surface area (Å²) < 4.78 is 3.84. The average molecular weight is 287 g/mol. The number of rotatable bonds is 4. The largest absolute Gasteiger partial charge is 0.345 e. The van der Waals surface area contributed by atoms with E-state index in [9.17, 15) is 4.79 Å². The van der Waals surface area contributed by atoms with Gasteiger partial charge in [-0.05, 0) is 44.1 Å². The van der Waals surface area contributed by atoms with E-state index in [4.69, 9.17) is 0 Å². The van der Waals surface area contributed by atoms with Gasteiger partial charge in [0.05, 0.1) is 12.2 Å². The van der Waals surface area contributed by atoms with Crippen LogP contribution in [0.5, 0.6) is 0 Å². The van der Waals surface area contributed by atoms with E-state index >= 15 is 0 Å². The second-order valence-corrected chi connectivity index (χ2v) is 5.45.